The van der Waals surface area contributed by atoms with Gasteiger partial charge in [0.25, 0.3) is 0 Å². The Bertz CT molecular complexity index is 835. The third kappa shape index (κ3) is 7.30. The molecule has 0 spiro atoms. The van der Waals surface area contributed by atoms with Crippen LogP contribution < -0.4 is 16.3 Å². The van der Waals surface area contributed by atoms with Crippen LogP contribution >= 0.6 is 6.72 Å². The van der Waals surface area contributed by atoms with Gasteiger partial charge < -0.3 is 33.9 Å². The van der Waals surface area contributed by atoms with Crippen LogP contribution in [0.4, 0.5) is 5.82 Å². The Kier molecular flexibility index (Phi) is 9.59. The van der Waals surface area contributed by atoms with E-state index in [0.29, 0.717) is 18.6 Å². The SMILES string of the molecule is COCCOC1[C@@H](OP([O-])(=S)OC(C)C)[C@@H](CC(C)C)O[C@H]1n1cc(C)c(N)nc1=O. The Labute approximate surface area is 188 Å². The van der Waals surface area contributed by atoms with Crippen LogP contribution in [-0.4, -0.2) is 54.3 Å². The number of aryl methyl sites for hydroxylation is 1. The van der Waals surface area contributed by atoms with E-state index in [1.807, 2.05) is 13.8 Å². The van der Waals surface area contributed by atoms with Gasteiger partial charge in [0.15, 0.2) is 6.23 Å². The fraction of sp³-hybridized carbons (Fsp3) is 0.789. The van der Waals surface area contributed by atoms with E-state index in [1.165, 1.54) is 4.57 Å². The molecule has 0 aliphatic carbocycles. The monoisotopic (exact) mass is 478 g/mol. The lowest BCUT2D eigenvalue weighted by Gasteiger charge is -2.35. The highest BCUT2D eigenvalue weighted by molar-refractivity contribution is 8.06. The van der Waals surface area contributed by atoms with E-state index in [4.69, 9.17) is 40.8 Å². The summed E-state index contributed by atoms with van der Waals surface area (Å²) < 4.78 is 29.7. The fourth-order valence-electron chi connectivity index (χ4n) is 3.35. The number of nitrogens with two attached hydrogens (primary N) is 1. The molecule has 2 rings (SSSR count). The molecule has 0 radical (unpaired) electrons. The highest BCUT2D eigenvalue weighted by Gasteiger charge is 2.48. The maximum atomic E-state index is 12.8. The Balaban J connectivity index is 2.45. The summed E-state index contributed by atoms with van der Waals surface area (Å²) in [5.74, 6) is 0.371. The van der Waals surface area contributed by atoms with Crippen molar-refractivity contribution in [3.8, 4) is 0 Å². The number of aromatic nitrogens is 2. The largest absolute Gasteiger partial charge is 0.780 e. The molecule has 0 amide bonds. The third-order valence-corrected chi connectivity index (χ3v) is 6.32. The number of hydrogen-bond acceptors (Lipinski definition) is 10. The van der Waals surface area contributed by atoms with E-state index >= 15 is 0 Å². The molecule has 31 heavy (non-hydrogen) atoms. The number of anilines is 1. The van der Waals surface area contributed by atoms with Crippen molar-refractivity contribution >= 4 is 24.3 Å². The summed E-state index contributed by atoms with van der Waals surface area (Å²) in [6.45, 7) is 5.90. The van der Waals surface area contributed by atoms with Crippen molar-refractivity contribution in [3.63, 3.8) is 0 Å². The number of methoxy groups -OCH3 is 1. The highest BCUT2D eigenvalue weighted by atomic mass is 32.5. The molecule has 1 aliphatic rings. The molecule has 178 valence electrons. The van der Waals surface area contributed by atoms with Gasteiger partial charge in [0.2, 0.25) is 0 Å². The van der Waals surface area contributed by atoms with Crippen LogP contribution in [0.15, 0.2) is 11.0 Å². The smallest absolute Gasteiger partial charge is 0.351 e. The predicted octanol–water partition coefficient (Wildman–Crippen LogP) is 1.50. The summed E-state index contributed by atoms with van der Waals surface area (Å²) in [6, 6.07) is 0. The van der Waals surface area contributed by atoms with Crippen molar-refractivity contribution < 1.29 is 28.2 Å². The van der Waals surface area contributed by atoms with Crippen LogP contribution in [0.5, 0.6) is 0 Å². The molecule has 0 bridgehead atoms. The van der Waals surface area contributed by atoms with Gasteiger partial charge in [-0.1, -0.05) is 25.7 Å². The maximum Gasteiger partial charge on any atom is 0.351 e. The number of rotatable bonds is 11. The molecule has 1 saturated heterocycles. The second-order valence-electron chi connectivity index (χ2n) is 8.19. The predicted molar refractivity (Wildman–Crippen MR) is 118 cm³/mol. The first-order valence-electron chi connectivity index (χ1n) is 10.2. The van der Waals surface area contributed by atoms with Crippen molar-refractivity contribution in [1.29, 1.82) is 0 Å². The number of ether oxygens (including phenoxy) is 3. The molecule has 2 unspecified atom stereocenters. The summed E-state index contributed by atoms with van der Waals surface area (Å²) in [7, 11) is 1.55. The topological polar surface area (TPSA) is 130 Å². The van der Waals surface area contributed by atoms with Crippen LogP contribution in [0, 0.1) is 12.8 Å². The molecule has 1 aliphatic heterocycles. The highest BCUT2D eigenvalue weighted by Crippen LogP contribution is 2.47. The van der Waals surface area contributed by atoms with E-state index in [2.05, 4.69) is 4.98 Å². The zero-order valence-electron chi connectivity index (χ0n) is 18.8. The van der Waals surface area contributed by atoms with Crippen LogP contribution in [0.3, 0.4) is 0 Å². The normalized spacial score (nSPS) is 26.0. The first kappa shape index (κ1) is 26.3. The summed E-state index contributed by atoms with van der Waals surface area (Å²) in [5, 5.41) is 0. The zero-order valence-corrected chi connectivity index (χ0v) is 20.6. The molecular weight excluding hydrogens is 445 g/mol. The van der Waals surface area contributed by atoms with Gasteiger partial charge >= 0.3 is 5.69 Å². The van der Waals surface area contributed by atoms with Crippen LogP contribution in [0.25, 0.3) is 0 Å². The van der Waals surface area contributed by atoms with Gasteiger partial charge in [0.05, 0.1) is 25.4 Å². The summed E-state index contributed by atoms with van der Waals surface area (Å²) >= 11 is 5.11. The van der Waals surface area contributed by atoms with Gasteiger partial charge in [-0.25, -0.2) is 4.79 Å². The van der Waals surface area contributed by atoms with Crippen molar-refractivity contribution in [2.24, 2.45) is 5.92 Å². The Hall–Kier alpha value is -0.910. The quantitative estimate of drug-likeness (QED) is 0.369. The molecule has 0 aromatic carbocycles. The fourth-order valence-corrected chi connectivity index (χ4v) is 5.29. The molecule has 1 aromatic rings. The lowest BCUT2D eigenvalue weighted by Crippen LogP contribution is -2.40. The van der Waals surface area contributed by atoms with E-state index < -0.39 is 36.9 Å². The molecular formula is C19H33N3O7PS-. The van der Waals surface area contributed by atoms with Crippen molar-refractivity contribution in [2.45, 2.75) is 71.7 Å². The molecule has 10 nitrogen and oxygen atoms in total. The van der Waals surface area contributed by atoms with E-state index in [-0.39, 0.29) is 24.4 Å². The molecule has 2 N–H and O–H groups in total. The van der Waals surface area contributed by atoms with E-state index in [9.17, 15) is 9.69 Å². The molecule has 1 aromatic heterocycles. The molecule has 5 atom stereocenters. The zero-order chi connectivity index (χ0) is 23.3. The molecule has 12 heteroatoms. The average Bonchev–Trinajstić information content (AvgIpc) is 2.93. The second-order valence-corrected chi connectivity index (χ2v) is 10.9. The van der Waals surface area contributed by atoms with Crippen molar-refractivity contribution in [2.75, 3.05) is 26.1 Å². The molecule has 2 heterocycles. The van der Waals surface area contributed by atoms with E-state index in [0.717, 1.165) is 0 Å². The minimum absolute atomic E-state index is 0.142. The van der Waals surface area contributed by atoms with Gasteiger partial charge in [-0.2, -0.15) is 4.98 Å². The standard InChI is InChI=1S/C19H34N3O7PS/c1-11(2)9-14-15(29-30(24,31)28-12(3)4)16(26-8-7-25-6)18(27-14)22-10-13(5)17(20)21-19(22)23/h10-12,14-16,18H,7-9H2,1-6H3,(H,24,31)(H2,20,21,23)/p-1/t14-,15+,16?,18-,30?/m1/s1. The summed E-state index contributed by atoms with van der Waals surface area (Å²) in [6.07, 6.45) is -1.28. The van der Waals surface area contributed by atoms with Gasteiger partial charge in [-0.15, -0.1) is 0 Å². The van der Waals surface area contributed by atoms with Gasteiger partial charge in [0.1, 0.15) is 24.7 Å². The van der Waals surface area contributed by atoms with Crippen LogP contribution in [0.2, 0.25) is 0 Å². The lowest BCUT2D eigenvalue weighted by atomic mass is 10.0. The second kappa shape index (κ2) is 11.3. The molecule has 1 fully saturated rings. The summed E-state index contributed by atoms with van der Waals surface area (Å²) in [4.78, 5) is 29.3. The number of hydrogen-bond donors (Lipinski definition) is 1. The Morgan fingerprint density at radius 1 is 1.32 bits per heavy atom. The van der Waals surface area contributed by atoms with Gasteiger partial charge in [-0.05, 0) is 33.1 Å². The van der Waals surface area contributed by atoms with Crippen LogP contribution in [-0.2, 0) is 35.1 Å². The number of nitrogen functional groups attached to an aromatic ring is 1. The average molecular weight is 479 g/mol. The summed E-state index contributed by atoms with van der Waals surface area (Å²) in [5.41, 5.74) is 5.79. The maximum absolute atomic E-state index is 12.8. The Morgan fingerprint density at radius 2 is 2.00 bits per heavy atom. The van der Waals surface area contributed by atoms with Crippen molar-refractivity contribution in [1.82, 2.24) is 9.55 Å². The third-order valence-electron chi connectivity index (χ3n) is 4.63. The lowest BCUT2D eigenvalue weighted by molar-refractivity contribution is -0.218. The van der Waals surface area contributed by atoms with Crippen LogP contribution in [0.1, 0.15) is 45.9 Å². The van der Waals surface area contributed by atoms with Gasteiger partial charge in [0, 0.05) is 18.9 Å². The first-order chi connectivity index (χ1) is 14.4. The van der Waals surface area contributed by atoms with Gasteiger partial charge in [-0.3, -0.25) is 4.57 Å². The minimum atomic E-state index is -3.83. The first-order valence-corrected chi connectivity index (χ1v) is 12.8. The molecule has 0 saturated carbocycles. The number of nitrogens with zero attached hydrogens (tertiary/aromatic N) is 2. The van der Waals surface area contributed by atoms with Crippen molar-refractivity contribution in [3.05, 3.63) is 22.2 Å². The minimum Gasteiger partial charge on any atom is -0.780 e. The Morgan fingerprint density at radius 3 is 2.58 bits per heavy atom. The van der Waals surface area contributed by atoms with E-state index in [1.54, 1.807) is 34.1 Å².